The number of rotatable bonds is 4. The lowest BCUT2D eigenvalue weighted by Gasteiger charge is -2.35. The van der Waals surface area contributed by atoms with Crippen LogP contribution in [0.4, 0.5) is 4.39 Å². The number of benzene rings is 3. The molecule has 1 amide bonds. The van der Waals surface area contributed by atoms with Gasteiger partial charge < -0.3 is 4.90 Å². The number of piperazine rings is 1. The van der Waals surface area contributed by atoms with Gasteiger partial charge in [0.15, 0.2) is 0 Å². The molecule has 1 aromatic heterocycles. The van der Waals surface area contributed by atoms with E-state index in [-0.39, 0.29) is 11.7 Å². The molecule has 1 aliphatic heterocycles. The molecule has 0 aliphatic carbocycles. The number of amides is 1. The molecular formula is C29H27BrFN3O. The SMILES string of the molecule is Cc1ccc(-c2cc(C(=O)N3CCN(Cc4ccc(F)cc4)CC3)c3cc(Br)ccc3n2)cc1C. The van der Waals surface area contributed by atoms with Crippen LogP contribution >= 0.6 is 15.9 Å². The van der Waals surface area contributed by atoms with Crippen molar-refractivity contribution in [3.8, 4) is 11.3 Å². The van der Waals surface area contributed by atoms with Crippen molar-refractivity contribution < 1.29 is 9.18 Å². The molecule has 178 valence electrons. The number of hydrogen-bond acceptors (Lipinski definition) is 3. The first-order valence-corrected chi connectivity index (χ1v) is 12.6. The standard InChI is InChI=1S/C29H27BrFN3O/c1-19-3-6-22(15-20(19)2)28-17-26(25-16-23(30)7-10-27(25)32-28)29(35)34-13-11-33(12-14-34)18-21-4-8-24(31)9-5-21/h3-10,15-17H,11-14,18H2,1-2H3. The molecule has 4 aromatic rings. The topological polar surface area (TPSA) is 36.4 Å². The molecule has 0 atom stereocenters. The second kappa shape index (κ2) is 9.88. The van der Waals surface area contributed by atoms with Crippen molar-refractivity contribution in [2.45, 2.75) is 20.4 Å². The molecule has 0 bridgehead atoms. The highest BCUT2D eigenvalue weighted by Crippen LogP contribution is 2.29. The third kappa shape index (κ3) is 5.14. The van der Waals surface area contributed by atoms with Crippen LogP contribution in [0.5, 0.6) is 0 Å². The zero-order chi connectivity index (χ0) is 24.5. The van der Waals surface area contributed by atoms with Crippen molar-refractivity contribution in [2.75, 3.05) is 26.2 Å². The monoisotopic (exact) mass is 531 g/mol. The molecule has 3 aromatic carbocycles. The van der Waals surface area contributed by atoms with Gasteiger partial charge in [-0.3, -0.25) is 9.69 Å². The Morgan fingerprint density at radius 1 is 0.914 bits per heavy atom. The highest BCUT2D eigenvalue weighted by molar-refractivity contribution is 9.10. The summed E-state index contributed by atoms with van der Waals surface area (Å²) in [5.74, 6) is -0.192. The average Bonchev–Trinajstić information content (AvgIpc) is 2.86. The number of aromatic nitrogens is 1. The number of nitrogens with zero attached hydrogens (tertiary/aromatic N) is 3. The van der Waals surface area contributed by atoms with Gasteiger partial charge in [-0.2, -0.15) is 0 Å². The summed E-state index contributed by atoms with van der Waals surface area (Å²) in [6.07, 6.45) is 0. The average molecular weight is 532 g/mol. The number of aryl methyl sites for hydroxylation is 2. The largest absolute Gasteiger partial charge is 0.336 e. The van der Waals surface area contributed by atoms with Crippen LogP contribution in [-0.2, 0) is 6.54 Å². The van der Waals surface area contributed by atoms with Gasteiger partial charge in [0.25, 0.3) is 5.91 Å². The van der Waals surface area contributed by atoms with Crippen molar-refractivity contribution >= 4 is 32.7 Å². The molecule has 6 heteroatoms. The summed E-state index contributed by atoms with van der Waals surface area (Å²) in [5.41, 5.74) is 6.81. The quantitative estimate of drug-likeness (QED) is 0.306. The van der Waals surface area contributed by atoms with Gasteiger partial charge in [-0.1, -0.05) is 40.2 Å². The first-order chi connectivity index (χ1) is 16.9. The summed E-state index contributed by atoms with van der Waals surface area (Å²) in [6, 6.07) is 20.8. The zero-order valence-electron chi connectivity index (χ0n) is 19.9. The van der Waals surface area contributed by atoms with Gasteiger partial charge in [-0.05, 0) is 73.0 Å². The number of halogens is 2. The summed E-state index contributed by atoms with van der Waals surface area (Å²) in [5, 5.41) is 0.853. The molecule has 0 N–H and O–H groups in total. The number of pyridine rings is 1. The molecule has 0 saturated carbocycles. The smallest absolute Gasteiger partial charge is 0.254 e. The summed E-state index contributed by atoms with van der Waals surface area (Å²) >= 11 is 3.55. The normalized spacial score (nSPS) is 14.5. The molecule has 4 nitrogen and oxygen atoms in total. The molecule has 0 radical (unpaired) electrons. The molecule has 0 unspecified atom stereocenters. The van der Waals surface area contributed by atoms with Crippen molar-refractivity contribution in [3.05, 3.63) is 99.3 Å². The van der Waals surface area contributed by atoms with E-state index in [1.54, 1.807) is 0 Å². The third-order valence-corrected chi connectivity index (χ3v) is 7.28. The van der Waals surface area contributed by atoms with Crippen molar-refractivity contribution in [2.24, 2.45) is 0 Å². The fraction of sp³-hybridized carbons (Fsp3) is 0.241. The lowest BCUT2D eigenvalue weighted by molar-refractivity contribution is 0.0630. The van der Waals surface area contributed by atoms with Gasteiger partial charge in [0.05, 0.1) is 16.8 Å². The summed E-state index contributed by atoms with van der Waals surface area (Å²) in [7, 11) is 0. The first-order valence-electron chi connectivity index (χ1n) is 11.8. The van der Waals surface area contributed by atoms with Crippen LogP contribution in [0.2, 0.25) is 0 Å². The van der Waals surface area contributed by atoms with E-state index in [0.717, 1.165) is 51.8 Å². The van der Waals surface area contributed by atoms with Gasteiger partial charge in [-0.15, -0.1) is 0 Å². The van der Waals surface area contributed by atoms with Gasteiger partial charge in [-0.25, -0.2) is 9.37 Å². The molecule has 1 aliphatic rings. The Balaban J connectivity index is 1.41. The van der Waals surface area contributed by atoms with Gasteiger partial charge in [0.2, 0.25) is 0 Å². The fourth-order valence-corrected chi connectivity index (χ4v) is 4.91. The van der Waals surface area contributed by atoms with E-state index in [1.165, 1.54) is 23.3 Å². The van der Waals surface area contributed by atoms with Crippen molar-refractivity contribution in [1.29, 1.82) is 0 Å². The summed E-state index contributed by atoms with van der Waals surface area (Å²) in [6.45, 7) is 7.79. The molecule has 2 heterocycles. The highest BCUT2D eigenvalue weighted by atomic mass is 79.9. The summed E-state index contributed by atoms with van der Waals surface area (Å²) < 4.78 is 14.1. The van der Waals surface area contributed by atoms with E-state index in [1.807, 2.05) is 41.3 Å². The Kier molecular flexibility index (Phi) is 6.67. The maximum absolute atomic E-state index is 13.8. The number of carbonyl (C=O) groups is 1. The van der Waals surface area contributed by atoms with Crippen molar-refractivity contribution in [1.82, 2.24) is 14.8 Å². The van der Waals surface area contributed by atoms with Crippen LogP contribution in [0.25, 0.3) is 22.2 Å². The minimum absolute atomic E-state index is 0.0296. The Morgan fingerprint density at radius 2 is 1.66 bits per heavy atom. The maximum Gasteiger partial charge on any atom is 0.254 e. The number of fused-ring (bicyclic) bond motifs is 1. The van der Waals surface area contributed by atoms with E-state index >= 15 is 0 Å². The second-order valence-corrected chi connectivity index (χ2v) is 10.1. The Morgan fingerprint density at radius 3 is 2.37 bits per heavy atom. The van der Waals surface area contributed by atoms with Crippen LogP contribution in [0.15, 0.2) is 71.2 Å². The van der Waals surface area contributed by atoms with E-state index < -0.39 is 0 Å². The minimum atomic E-state index is -0.222. The molecule has 1 saturated heterocycles. The lowest BCUT2D eigenvalue weighted by atomic mass is 10.00. The lowest BCUT2D eigenvalue weighted by Crippen LogP contribution is -2.48. The molecule has 0 spiro atoms. The van der Waals surface area contributed by atoms with Crippen LogP contribution in [0, 0.1) is 19.7 Å². The third-order valence-electron chi connectivity index (χ3n) is 6.78. The molecule has 1 fully saturated rings. The Labute approximate surface area is 213 Å². The Hall–Kier alpha value is -3.09. The van der Waals surface area contributed by atoms with E-state index in [4.69, 9.17) is 4.98 Å². The van der Waals surface area contributed by atoms with Gasteiger partial charge in [0, 0.05) is 48.1 Å². The Bertz CT molecular complexity index is 1400. The summed E-state index contributed by atoms with van der Waals surface area (Å²) in [4.78, 5) is 22.9. The van der Waals surface area contributed by atoms with E-state index in [2.05, 4.69) is 52.9 Å². The highest BCUT2D eigenvalue weighted by Gasteiger charge is 2.24. The van der Waals surface area contributed by atoms with Crippen LogP contribution in [0.3, 0.4) is 0 Å². The van der Waals surface area contributed by atoms with Crippen molar-refractivity contribution in [3.63, 3.8) is 0 Å². The van der Waals surface area contributed by atoms with Crippen LogP contribution in [-0.4, -0.2) is 46.9 Å². The number of carbonyl (C=O) groups excluding carboxylic acids is 1. The van der Waals surface area contributed by atoms with E-state index in [0.29, 0.717) is 18.7 Å². The van der Waals surface area contributed by atoms with Crippen LogP contribution < -0.4 is 0 Å². The van der Waals surface area contributed by atoms with Crippen LogP contribution in [0.1, 0.15) is 27.0 Å². The molecule has 5 rings (SSSR count). The first kappa shape index (κ1) is 23.6. The zero-order valence-corrected chi connectivity index (χ0v) is 21.5. The molecular weight excluding hydrogens is 505 g/mol. The second-order valence-electron chi connectivity index (χ2n) is 9.21. The predicted molar refractivity (Wildman–Crippen MR) is 142 cm³/mol. The fourth-order valence-electron chi connectivity index (χ4n) is 4.55. The molecule has 35 heavy (non-hydrogen) atoms. The number of hydrogen-bond donors (Lipinski definition) is 0. The maximum atomic E-state index is 13.8. The van der Waals surface area contributed by atoms with E-state index in [9.17, 15) is 9.18 Å². The predicted octanol–water partition coefficient (Wildman–Crippen LogP) is 6.38. The van der Waals surface area contributed by atoms with Gasteiger partial charge >= 0.3 is 0 Å². The van der Waals surface area contributed by atoms with Gasteiger partial charge in [0.1, 0.15) is 5.82 Å². The minimum Gasteiger partial charge on any atom is -0.336 e.